The number of carbonyl (C=O) groups excluding carboxylic acids is 1. The van der Waals surface area contributed by atoms with Gasteiger partial charge in [-0.3, -0.25) is 4.90 Å². The van der Waals surface area contributed by atoms with Crippen LogP contribution in [0.15, 0.2) is 36.9 Å². The fourth-order valence-corrected chi connectivity index (χ4v) is 2.45. The first kappa shape index (κ1) is 14.6. The van der Waals surface area contributed by atoms with Crippen molar-refractivity contribution in [2.75, 3.05) is 32.7 Å². The average Bonchev–Trinajstić information content (AvgIpc) is 2.45. The topological polar surface area (TPSA) is 35.6 Å². The zero-order chi connectivity index (χ0) is 14.4. The van der Waals surface area contributed by atoms with Crippen LogP contribution in [0.5, 0.6) is 0 Å². The van der Waals surface area contributed by atoms with Gasteiger partial charge in [0.1, 0.15) is 0 Å². The van der Waals surface area contributed by atoms with Crippen molar-refractivity contribution >= 4 is 6.03 Å². The molecule has 0 atom stereocenters. The smallest absolute Gasteiger partial charge is 0.317 e. The lowest BCUT2D eigenvalue weighted by Crippen LogP contribution is -2.51. The molecular weight excluding hydrogens is 250 g/mol. The molecule has 1 aliphatic rings. The van der Waals surface area contributed by atoms with Crippen LogP contribution in [-0.4, -0.2) is 48.6 Å². The molecule has 0 bridgehead atoms. The Hall–Kier alpha value is -1.81. The van der Waals surface area contributed by atoms with E-state index in [-0.39, 0.29) is 6.03 Å². The number of carbonyl (C=O) groups is 1. The molecule has 0 spiro atoms. The standard InChI is InChI=1S/C16H23N3O/c1-3-7-17-16(20)19-10-8-18(9-11-19)13-15-6-4-5-14(2)12-15/h3-6,12H,1,7-11,13H2,2H3,(H,17,20). The quantitative estimate of drug-likeness (QED) is 0.852. The monoisotopic (exact) mass is 273 g/mol. The largest absolute Gasteiger partial charge is 0.335 e. The Morgan fingerprint density at radius 1 is 1.35 bits per heavy atom. The van der Waals surface area contributed by atoms with Gasteiger partial charge in [-0.25, -0.2) is 4.79 Å². The normalized spacial score (nSPS) is 15.9. The van der Waals surface area contributed by atoms with Crippen LogP contribution in [0.2, 0.25) is 0 Å². The third kappa shape index (κ3) is 4.10. The summed E-state index contributed by atoms with van der Waals surface area (Å²) in [6.07, 6.45) is 1.70. The number of aryl methyl sites for hydroxylation is 1. The molecule has 0 unspecified atom stereocenters. The number of hydrogen-bond donors (Lipinski definition) is 1. The van der Waals surface area contributed by atoms with Gasteiger partial charge in [-0.2, -0.15) is 0 Å². The van der Waals surface area contributed by atoms with Gasteiger partial charge in [-0.15, -0.1) is 6.58 Å². The van der Waals surface area contributed by atoms with Crippen LogP contribution >= 0.6 is 0 Å². The van der Waals surface area contributed by atoms with E-state index in [1.54, 1.807) is 6.08 Å². The van der Waals surface area contributed by atoms with E-state index in [4.69, 9.17) is 0 Å². The van der Waals surface area contributed by atoms with Gasteiger partial charge in [-0.1, -0.05) is 35.9 Å². The fraction of sp³-hybridized carbons (Fsp3) is 0.438. The van der Waals surface area contributed by atoms with Gasteiger partial charge in [0.05, 0.1) is 0 Å². The maximum atomic E-state index is 11.8. The Labute approximate surface area is 121 Å². The van der Waals surface area contributed by atoms with Gasteiger partial charge in [0.25, 0.3) is 0 Å². The van der Waals surface area contributed by atoms with Crippen molar-refractivity contribution < 1.29 is 4.79 Å². The second-order valence-corrected chi connectivity index (χ2v) is 5.23. The summed E-state index contributed by atoms with van der Waals surface area (Å²) in [6.45, 7) is 10.6. The number of rotatable bonds is 4. The van der Waals surface area contributed by atoms with Crippen molar-refractivity contribution in [2.24, 2.45) is 0 Å². The summed E-state index contributed by atoms with van der Waals surface area (Å²) in [5, 5.41) is 2.82. The van der Waals surface area contributed by atoms with Crippen molar-refractivity contribution in [1.29, 1.82) is 0 Å². The molecule has 2 amide bonds. The van der Waals surface area contributed by atoms with E-state index in [2.05, 4.69) is 48.0 Å². The zero-order valence-corrected chi connectivity index (χ0v) is 12.1. The average molecular weight is 273 g/mol. The minimum absolute atomic E-state index is 0.0140. The Morgan fingerprint density at radius 2 is 2.10 bits per heavy atom. The SMILES string of the molecule is C=CCNC(=O)N1CCN(Cc2cccc(C)c2)CC1. The van der Waals surface area contributed by atoms with Gasteiger partial charge < -0.3 is 10.2 Å². The first-order chi connectivity index (χ1) is 9.69. The van der Waals surface area contributed by atoms with E-state index < -0.39 is 0 Å². The molecular formula is C16H23N3O. The third-order valence-corrected chi connectivity index (χ3v) is 3.55. The molecule has 1 aromatic rings. The molecule has 1 aromatic carbocycles. The lowest BCUT2D eigenvalue weighted by molar-refractivity contribution is 0.136. The van der Waals surface area contributed by atoms with Crippen LogP contribution in [-0.2, 0) is 6.54 Å². The van der Waals surface area contributed by atoms with Gasteiger partial charge in [0.15, 0.2) is 0 Å². The third-order valence-electron chi connectivity index (χ3n) is 3.55. The molecule has 4 nitrogen and oxygen atoms in total. The van der Waals surface area contributed by atoms with Crippen LogP contribution in [0.1, 0.15) is 11.1 Å². The summed E-state index contributed by atoms with van der Waals surface area (Å²) < 4.78 is 0. The molecule has 108 valence electrons. The maximum Gasteiger partial charge on any atom is 0.317 e. The summed E-state index contributed by atoms with van der Waals surface area (Å²) in [5.41, 5.74) is 2.64. The van der Waals surface area contributed by atoms with Crippen molar-refractivity contribution in [1.82, 2.24) is 15.1 Å². The molecule has 20 heavy (non-hydrogen) atoms. The zero-order valence-electron chi connectivity index (χ0n) is 12.1. The van der Waals surface area contributed by atoms with E-state index in [0.29, 0.717) is 6.54 Å². The first-order valence-corrected chi connectivity index (χ1v) is 7.10. The number of urea groups is 1. The molecule has 1 saturated heterocycles. The van der Waals surface area contributed by atoms with Crippen LogP contribution in [0.3, 0.4) is 0 Å². The highest BCUT2D eigenvalue weighted by Crippen LogP contribution is 2.10. The predicted octanol–water partition coefficient (Wildman–Crippen LogP) is 2.01. The van der Waals surface area contributed by atoms with Crippen molar-refractivity contribution in [2.45, 2.75) is 13.5 Å². The minimum atomic E-state index is 0.0140. The number of nitrogens with one attached hydrogen (secondary N) is 1. The number of amides is 2. The van der Waals surface area contributed by atoms with Crippen LogP contribution in [0.4, 0.5) is 4.79 Å². The number of hydrogen-bond acceptors (Lipinski definition) is 2. The van der Waals surface area contributed by atoms with Crippen LogP contribution in [0, 0.1) is 6.92 Å². The molecule has 0 saturated carbocycles. The Balaban J connectivity index is 1.79. The highest BCUT2D eigenvalue weighted by atomic mass is 16.2. The fourth-order valence-electron chi connectivity index (χ4n) is 2.45. The highest BCUT2D eigenvalue weighted by Gasteiger charge is 2.20. The number of benzene rings is 1. The predicted molar refractivity (Wildman–Crippen MR) is 81.6 cm³/mol. The lowest BCUT2D eigenvalue weighted by Gasteiger charge is -2.34. The van der Waals surface area contributed by atoms with E-state index in [9.17, 15) is 4.79 Å². The molecule has 0 aliphatic carbocycles. The van der Waals surface area contributed by atoms with E-state index in [1.807, 2.05) is 4.90 Å². The maximum absolute atomic E-state index is 11.8. The Bertz CT molecular complexity index is 465. The summed E-state index contributed by atoms with van der Waals surface area (Å²) in [4.78, 5) is 16.1. The summed E-state index contributed by atoms with van der Waals surface area (Å²) in [6, 6.07) is 8.62. The van der Waals surface area contributed by atoms with Gasteiger partial charge in [0, 0.05) is 39.3 Å². The second kappa shape index (κ2) is 7.10. The molecule has 0 aromatic heterocycles. The molecule has 2 rings (SSSR count). The molecule has 1 aliphatic heterocycles. The molecule has 1 heterocycles. The molecule has 1 fully saturated rings. The van der Waals surface area contributed by atoms with Gasteiger partial charge in [-0.05, 0) is 12.5 Å². The second-order valence-electron chi connectivity index (χ2n) is 5.23. The van der Waals surface area contributed by atoms with E-state index in [1.165, 1.54) is 11.1 Å². The molecule has 0 radical (unpaired) electrons. The Kier molecular flexibility index (Phi) is 5.18. The van der Waals surface area contributed by atoms with Crippen molar-refractivity contribution in [3.05, 3.63) is 48.0 Å². The van der Waals surface area contributed by atoms with Crippen LogP contribution in [0.25, 0.3) is 0 Å². The summed E-state index contributed by atoms with van der Waals surface area (Å²) >= 11 is 0. The number of piperazine rings is 1. The molecule has 4 heteroatoms. The van der Waals surface area contributed by atoms with Crippen molar-refractivity contribution in [3.8, 4) is 0 Å². The summed E-state index contributed by atoms with van der Waals surface area (Å²) in [7, 11) is 0. The lowest BCUT2D eigenvalue weighted by atomic mass is 10.1. The van der Waals surface area contributed by atoms with E-state index in [0.717, 1.165) is 32.7 Å². The van der Waals surface area contributed by atoms with Gasteiger partial charge >= 0.3 is 6.03 Å². The van der Waals surface area contributed by atoms with Crippen LogP contribution < -0.4 is 5.32 Å². The molecule has 1 N–H and O–H groups in total. The summed E-state index contributed by atoms with van der Waals surface area (Å²) in [5.74, 6) is 0. The van der Waals surface area contributed by atoms with Crippen molar-refractivity contribution in [3.63, 3.8) is 0 Å². The Morgan fingerprint density at radius 3 is 2.75 bits per heavy atom. The minimum Gasteiger partial charge on any atom is -0.335 e. The highest BCUT2D eigenvalue weighted by molar-refractivity contribution is 5.74. The first-order valence-electron chi connectivity index (χ1n) is 7.10. The van der Waals surface area contributed by atoms with E-state index >= 15 is 0 Å². The number of nitrogens with zero attached hydrogens (tertiary/aromatic N) is 2. The van der Waals surface area contributed by atoms with Gasteiger partial charge in [0.2, 0.25) is 0 Å².